The lowest BCUT2D eigenvalue weighted by molar-refractivity contribution is 0.0905. The first-order valence-corrected chi connectivity index (χ1v) is 14.2. The first kappa shape index (κ1) is 28.9. The molecule has 214 valence electrons. The van der Waals surface area contributed by atoms with E-state index in [0.29, 0.717) is 50.1 Å². The highest BCUT2D eigenvalue weighted by molar-refractivity contribution is 6.35. The Bertz CT molecular complexity index is 1610. The number of benzene rings is 1. The molecule has 3 aromatic heterocycles. The molecular formula is C30H33Cl2N7O2. The molecule has 9 nitrogen and oxygen atoms in total. The Kier molecular flexibility index (Phi) is 8.02. The summed E-state index contributed by atoms with van der Waals surface area (Å²) in [5.41, 5.74) is 3.32. The minimum atomic E-state index is -0.479. The number of nitrogens with zero attached hydrogens (tertiary/aromatic N) is 6. The van der Waals surface area contributed by atoms with E-state index < -0.39 is 6.10 Å². The number of fused-ring (bicyclic) bond motifs is 1. The molecule has 0 aliphatic carbocycles. The second kappa shape index (κ2) is 11.4. The van der Waals surface area contributed by atoms with Crippen molar-refractivity contribution in [3.05, 3.63) is 58.0 Å². The van der Waals surface area contributed by atoms with Crippen LogP contribution in [0.3, 0.4) is 0 Å². The van der Waals surface area contributed by atoms with Gasteiger partial charge in [-0.1, -0.05) is 37.0 Å². The van der Waals surface area contributed by atoms with Crippen LogP contribution in [0.15, 0.2) is 36.8 Å². The maximum absolute atomic E-state index is 10.0. The third kappa shape index (κ3) is 5.52. The smallest absolute Gasteiger partial charge is 0.162 e. The van der Waals surface area contributed by atoms with E-state index in [2.05, 4.69) is 58.9 Å². The van der Waals surface area contributed by atoms with Crippen LogP contribution in [0.4, 0.5) is 5.82 Å². The lowest BCUT2D eigenvalue weighted by Gasteiger charge is -2.54. The van der Waals surface area contributed by atoms with Crippen LogP contribution in [-0.4, -0.2) is 64.4 Å². The zero-order valence-corrected chi connectivity index (χ0v) is 25.5. The van der Waals surface area contributed by atoms with Gasteiger partial charge in [0, 0.05) is 60.8 Å². The van der Waals surface area contributed by atoms with E-state index in [1.807, 2.05) is 25.1 Å². The van der Waals surface area contributed by atoms with Gasteiger partial charge in [-0.3, -0.25) is 15.0 Å². The minimum Gasteiger partial charge on any atom is -0.493 e. The molecule has 0 unspecified atom stereocenters. The lowest BCUT2D eigenvalue weighted by atomic mass is 9.89. The van der Waals surface area contributed by atoms with Gasteiger partial charge in [-0.05, 0) is 38.9 Å². The van der Waals surface area contributed by atoms with Gasteiger partial charge >= 0.3 is 0 Å². The van der Waals surface area contributed by atoms with Crippen molar-refractivity contribution in [3.63, 3.8) is 0 Å². The van der Waals surface area contributed by atoms with Gasteiger partial charge in [0.2, 0.25) is 0 Å². The molecule has 1 N–H and O–H groups in total. The molecule has 0 spiro atoms. The van der Waals surface area contributed by atoms with E-state index >= 15 is 0 Å². The Hall–Kier alpha value is -3.58. The van der Waals surface area contributed by atoms with E-state index in [0.717, 1.165) is 36.1 Å². The minimum absolute atomic E-state index is 0.0487. The molecule has 0 bridgehead atoms. The highest BCUT2D eigenvalue weighted by atomic mass is 35.5. The predicted molar refractivity (Wildman–Crippen MR) is 162 cm³/mol. The predicted octanol–water partition coefficient (Wildman–Crippen LogP) is 6.51. The first-order valence-electron chi connectivity index (χ1n) is 13.4. The van der Waals surface area contributed by atoms with Gasteiger partial charge < -0.3 is 14.4 Å². The number of ether oxygens (including phenoxy) is 2. The summed E-state index contributed by atoms with van der Waals surface area (Å²) in [5.74, 6) is 2.30. The molecule has 0 amide bonds. The summed E-state index contributed by atoms with van der Waals surface area (Å²) >= 11 is 12.7. The van der Waals surface area contributed by atoms with Crippen molar-refractivity contribution in [1.82, 2.24) is 25.1 Å². The van der Waals surface area contributed by atoms with Gasteiger partial charge in [0.25, 0.3) is 0 Å². The Morgan fingerprint density at radius 3 is 2.46 bits per heavy atom. The fraction of sp³-hybridized carbons (Fsp3) is 0.400. The van der Waals surface area contributed by atoms with Crippen molar-refractivity contribution >= 4 is 39.9 Å². The van der Waals surface area contributed by atoms with E-state index in [1.165, 1.54) is 12.4 Å². The molecule has 4 heterocycles. The number of hydrogen-bond acceptors (Lipinski definition) is 8. The molecule has 11 heteroatoms. The Morgan fingerprint density at radius 1 is 1.12 bits per heavy atom. The third-order valence-corrected chi connectivity index (χ3v) is 8.23. The van der Waals surface area contributed by atoms with Gasteiger partial charge in [-0.2, -0.15) is 10.4 Å². The van der Waals surface area contributed by atoms with Gasteiger partial charge in [-0.15, -0.1) is 0 Å². The molecule has 1 fully saturated rings. The van der Waals surface area contributed by atoms with Crippen molar-refractivity contribution in [1.29, 1.82) is 5.26 Å². The van der Waals surface area contributed by atoms with Crippen molar-refractivity contribution in [2.45, 2.75) is 39.3 Å². The van der Waals surface area contributed by atoms with E-state index in [1.54, 1.807) is 13.3 Å². The van der Waals surface area contributed by atoms with Crippen LogP contribution in [0.25, 0.3) is 22.2 Å². The van der Waals surface area contributed by atoms with Crippen molar-refractivity contribution in [2.75, 3.05) is 38.7 Å². The number of aromatic nitrogens is 4. The number of hydrogen-bond donors (Lipinski definition) is 1. The molecule has 41 heavy (non-hydrogen) atoms. The monoisotopic (exact) mass is 593 g/mol. The molecule has 0 radical (unpaired) electrons. The summed E-state index contributed by atoms with van der Waals surface area (Å²) in [4.78, 5) is 13.3. The van der Waals surface area contributed by atoms with Crippen molar-refractivity contribution in [3.8, 4) is 28.8 Å². The first-order chi connectivity index (χ1) is 19.5. The average Bonchev–Trinajstić information content (AvgIpc) is 3.32. The van der Waals surface area contributed by atoms with Crippen LogP contribution in [0, 0.1) is 17.2 Å². The second-order valence-corrected chi connectivity index (χ2v) is 12.0. The molecule has 1 aliphatic heterocycles. The summed E-state index contributed by atoms with van der Waals surface area (Å²) < 4.78 is 11.9. The molecule has 1 aromatic carbocycles. The number of pyridine rings is 2. The van der Waals surface area contributed by atoms with Gasteiger partial charge in [0.15, 0.2) is 11.5 Å². The fourth-order valence-electron chi connectivity index (χ4n) is 5.41. The number of anilines is 1. The largest absolute Gasteiger partial charge is 0.493 e. The summed E-state index contributed by atoms with van der Waals surface area (Å²) in [6, 6.07) is 7.86. The quantitative estimate of drug-likeness (QED) is 0.234. The van der Waals surface area contributed by atoms with Crippen molar-refractivity contribution < 1.29 is 9.47 Å². The van der Waals surface area contributed by atoms with Crippen LogP contribution >= 0.6 is 23.2 Å². The number of nitrogens with one attached hydrogen (secondary N) is 1. The fourth-order valence-corrected chi connectivity index (χ4v) is 6.08. The maximum Gasteiger partial charge on any atom is 0.162 e. The van der Waals surface area contributed by atoms with E-state index in [4.69, 9.17) is 37.7 Å². The normalized spacial score (nSPS) is 15.2. The molecule has 1 saturated heterocycles. The summed E-state index contributed by atoms with van der Waals surface area (Å²) in [6.07, 6.45) is 4.35. The Balaban J connectivity index is 1.44. The third-order valence-electron chi connectivity index (χ3n) is 7.63. The number of halogens is 2. The highest BCUT2D eigenvalue weighted by Crippen LogP contribution is 2.40. The molecular weight excluding hydrogens is 561 g/mol. The number of H-pyrrole nitrogens is 1. The summed E-state index contributed by atoms with van der Waals surface area (Å²) in [7, 11) is 3.74. The average molecular weight is 595 g/mol. The molecule has 0 saturated carbocycles. The van der Waals surface area contributed by atoms with Gasteiger partial charge in [0.1, 0.15) is 23.7 Å². The molecule has 1 atom stereocenters. The highest BCUT2D eigenvalue weighted by Gasteiger charge is 2.43. The van der Waals surface area contributed by atoms with Gasteiger partial charge in [-0.25, -0.2) is 4.98 Å². The van der Waals surface area contributed by atoms with Gasteiger partial charge in [0.05, 0.1) is 33.8 Å². The standard InChI is InChI=1S/C30H33Cl2N7O2/c1-17(2)14-38(5)30(4)15-39(16-30)29-19(10-33)7-20(11-35-29)28-21-8-26(25(40-6)9-24(21)36-37-28)41-18(3)27-22(31)12-34-13-23(27)32/h7-9,11-13,17-18H,14-16H2,1-6H3,(H,36,37)/t18-/m1/s1. The molecule has 1 aliphatic rings. The Labute approximate surface area is 250 Å². The SMILES string of the molecule is COc1cc2[nH]nc(-c3cnc(N4CC(C)(N(C)CC(C)C)C4)c(C#N)c3)c2cc1O[C@H](C)c1c(Cl)cncc1Cl. The molecule has 5 rings (SSSR count). The zero-order chi connectivity index (χ0) is 29.5. The second-order valence-electron chi connectivity index (χ2n) is 11.2. The number of nitriles is 1. The molecule has 4 aromatic rings. The number of methoxy groups -OCH3 is 1. The zero-order valence-electron chi connectivity index (χ0n) is 24.0. The van der Waals surface area contributed by atoms with Crippen molar-refractivity contribution in [2.24, 2.45) is 5.92 Å². The number of rotatable bonds is 9. The number of likely N-dealkylation sites (N-methyl/N-ethyl adjacent to an activating group) is 1. The van der Waals surface area contributed by atoms with E-state index in [9.17, 15) is 5.26 Å². The maximum atomic E-state index is 10.0. The summed E-state index contributed by atoms with van der Waals surface area (Å²) in [6.45, 7) is 11.2. The Morgan fingerprint density at radius 2 is 1.83 bits per heavy atom. The topological polar surface area (TPSA) is 103 Å². The van der Waals surface area contributed by atoms with E-state index in [-0.39, 0.29) is 5.54 Å². The van der Waals surface area contributed by atoms with Crippen LogP contribution in [0.5, 0.6) is 11.5 Å². The van der Waals surface area contributed by atoms with Crippen LogP contribution < -0.4 is 14.4 Å². The number of aromatic amines is 1. The van der Waals surface area contributed by atoms with Crippen LogP contribution in [0.1, 0.15) is 44.9 Å². The van der Waals surface area contributed by atoms with Crippen LogP contribution in [0.2, 0.25) is 10.0 Å². The van der Waals surface area contributed by atoms with Crippen LogP contribution in [-0.2, 0) is 0 Å². The lowest BCUT2D eigenvalue weighted by Crippen LogP contribution is -2.68. The summed E-state index contributed by atoms with van der Waals surface area (Å²) in [5, 5.41) is 19.3.